The van der Waals surface area contributed by atoms with E-state index in [0.29, 0.717) is 6.54 Å². The Labute approximate surface area is 105 Å². The molecule has 0 radical (unpaired) electrons. The van der Waals surface area contributed by atoms with Crippen LogP contribution < -0.4 is 5.73 Å². The fraction of sp³-hybridized carbons (Fsp3) is 0.214. The molecule has 0 unspecified atom stereocenters. The summed E-state index contributed by atoms with van der Waals surface area (Å²) in [6, 6.07) is 6.42. The minimum Gasteiger partial charge on any atom is -0.353 e. The number of imidazole rings is 1. The van der Waals surface area contributed by atoms with Gasteiger partial charge in [-0.2, -0.15) is 0 Å². The summed E-state index contributed by atoms with van der Waals surface area (Å²) in [6.07, 6.45) is 1.83. The number of hydrogen-bond acceptors (Lipinski definition) is 2. The number of nitrogens with zero attached hydrogens (tertiary/aromatic N) is 1. The number of hydrogen-bond donors (Lipinski definition) is 3. The SMILES string of the molecule is Cc1ccc2[nH]c(-c3cnc(CN)[nH]3)c(C)c2c1. The molecule has 0 spiro atoms. The highest BCUT2D eigenvalue weighted by atomic mass is 14.9. The monoisotopic (exact) mass is 240 g/mol. The maximum absolute atomic E-state index is 5.57. The van der Waals surface area contributed by atoms with Crippen molar-refractivity contribution < 1.29 is 0 Å². The average molecular weight is 240 g/mol. The molecular weight excluding hydrogens is 224 g/mol. The maximum Gasteiger partial charge on any atom is 0.120 e. The van der Waals surface area contributed by atoms with Crippen LogP contribution in [0.25, 0.3) is 22.3 Å². The first-order valence-corrected chi connectivity index (χ1v) is 6.02. The van der Waals surface area contributed by atoms with E-state index < -0.39 is 0 Å². The minimum atomic E-state index is 0.429. The zero-order valence-electron chi connectivity index (χ0n) is 10.5. The van der Waals surface area contributed by atoms with Crippen LogP contribution in [0.1, 0.15) is 17.0 Å². The second-order valence-corrected chi connectivity index (χ2v) is 4.62. The molecule has 18 heavy (non-hydrogen) atoms. The molecule has 4 heteroatoms. The van der Waals surface area contributed by atoms with Crippen molar-refractivity contribution in [3.8, 4) is 11.4 Å². The molecule has 0 aliphatic rings. The summed E-state index contributed by atoms with van der Waals surface area (Å²) >= 11 is 0. The summed E-state index contributed by atoms with van der Waals surface area (Å²) in [5.41, 5.74) is 11.3. The molecule has 0 fully saturated rings. The lowest BCUT2D eigenvalue weighted by molar-refractivity contribution is 0.950. The third-order valence-corrected chi connectivity index (χ3v) is 3.30. The molecule has 0 atom stereocenters. The van der Waals surface area contributed by atoms with Crippen molar-refractivity contribution in [2.75, 3.05) is 0 Å². The Morgan fingerprint density at radius 1 is 1.22 bits per heavy atom. The summed E-state index contributed by atoms with van der Waals surface area (Å²) in [4.78, 5) is 10.9. The average Bonchev–Trinajstić information content (AvgIpc) is 2.95. The Morgan fingerprint density at radius 3 is 2.78 bits per heavy atom. The lowest BCUT2D eigenvalue weighted by Crippen LogP contribution is -1.97. The van der Waals surface area contributed by atoms with Crippen molar-refractivity contribution in [1.82, 2.24) is 15.0 Å². The van der Waals surface area contributed by atoms with E-state index >= 15 is 0 Å². The molecule has 3 rings (SSSR count). The Kier molecular flexibility index (Phi) is 2.45. The number of nitrogens with two attached hydrogens (primary N) is 1. The molecule has 4 N–H and O–H groups in total. The van der Waals surface area contributed by atoms with Crippen LogP contribution in [0.3, 0.4) is 0 Å². The fourth-order valence-electron chi connectivity index (χ4n) is 2.30. The standard InChI is InChI=1S/C14H16N4/c1-8-3-4-11-10(5-8)9(2)14(18-11)12-7-16-13(6-15)17-12/h3-5,7,18H,6,15H2,1-2H3,(H,16,17). The first-order valence-electron chi connectivity index (χ1n) is 6.02. The molecule has 0 saturated heterocycles. The van der Waals surface area contributed by atoms with Crippen LogP contribution in [-0.2, 0) is 6.54 Å². The fourth-order valence-corrected chi connectivity index (χ4v) is 2.30. The summed E-state index contributed by atoms with van der Waals surface area (Å²) < 4.78 is 0. The van der Waals surface area contributed by atoms with Crippen molar-refractivity contribution in [1.29, 1.82) is 0 Å². The van der Waals surface area contributed by atoms with Crippen LogP contribution in [0.4, 0.5) is 0 Å². The Bertz CT molecular complexity index is 706. The predicted octanol–water partition coefficient (Wildman–Crippen LogP) is 2.63. The van der Waals surface area contributed by atoms with Crippen molar-refractivity contribution in [2.24, 2.45) is 5.73 Å². The van der Waals surface area contributed by atoms with E-state index in [-0.39, 0.29) is 0 Å². The van der Waals surface area contributed by atoms with E-state index in [1.165, 1.54) is 16.5 Å². The normalized spacial score (nSPS) is 11.3. The summed E-state index contributed by atoms with van der Waals surface area (Å²) in [7, 11) is 0. The maximum atomic E-state index is 5.57. The zero-order chi connectivity index (χ0) is 12.7. The van der Waals surface area contributed by atoms with Gasteiger partial charge in [0.2, 0.25) is 0 Å². The van der Waals surface area contributed by atoms with Gasteiger partial charge in [-0.15, -0.1) is 0 Å². The molecule has 0 aliphatic heterocycles. The predicted molar refractivity (Wildman–Crippen MR) is 73.2 cm³/mol. The van der Waals surface area contributed by atoms with Gasteiger partial charge in [0, 0.05) is 10.9 Å². The number of benzene rings is 1. The molecular formula is C14H16N4. The Hall–Kier alpha value is -2.07. The summed E-state index contributed by atoms with van der Waals surface area (Å²) in [5, 5.41) is 1.26. The Balaban J connectivity index is 2.20. The first-order chi connectivity index (χ1) is 8.69. The molecule has 2 heterocycles. The smallest absolute Gasteiger partial charge is 0.120 e. The molecule has 0 saturated carbocycles. The molecule has 0 aliphatic carbocycles. The topological polar surface area (TPSA) is 70.5 Å². The number of fused-ring (bicyclic) bond motifs is 1. The van der Waals surface area contributed by atoms with Crippen molar-refractivity contribution in [3.05, 3.63) is 41.3 Å². The largest absolute Gasteiger partial charge is 0.353 e. The van der Waals surface area contributed by atoms with E-state index in [9.17, 15) is 0 Å². The van der Waals surface area contributed by atoms with Crippen LogP contribution in [0.2, 0.25) is 0 Å². The number of rotatable bonds is 2. The Morgan fingerprint density at radius 2 is 2.06 bits per heavy atom. The van der Waals surface area contributed by atoms with Gasteiger partial charge in [0.1, 0.15) is 5.82 Å². The summed E-state index contributed by atoms with van der Waals surface area (Å²) in [6.45, 7) is 4.66. The lowest BCUT2D eigenvalue weighted by Gasteiger charge is -1.96. The van der Waals surface area contributed by atoms with Crippen LogP contribution in [-0.4, -0.2) is 15.0 Å². The van der Waals surface area contributed by atoms with Crippen LogP contribution in [0.15, 0.2) is 24.4 Å². The van der Waals surface area contributed by atoms with E-state index in [4.69, 9.17) is 5.73 Å². The van der Waals surface area contributed by atoms with Gasteiger partial charge in [0.15, 0.2) is 0 Å². The number of aromatic nitrogens is 3. The molecule has 0 bridgehead atoms. The molecule has 4 nitrogen and oxygen atoms in total. The third-order valence-electron chi connectivity index (χ3n) is 3.30. The van der Waals surface area contributed by atoms with E-state index in [1.807, 2.05) is 6.20 Å². The lowest BCUT2D eigenvalue weighted by atomic mass is 10.1. The van der Waals surface area contributed by atoms with Crippen LogP contribution in [0.5, 0.6) is 0 Å². The highest BCUT2D eigenvalue weighted by Crippen LogP contribution is 2.29. The highest BCUT2D eigenvalue weighted by Gasteiger charge is 2.11. The second-order valence-electron chi connectivity index (χ2n) is 4.62. The van der Waals surface area contributed by atoms with E-state index in [0.717, 1.165) is 22.7 Å². The van der Waals surface area contributed by atoms with Crippen LogP contribution in [0, 0.1) is 13.8 Å². The highest BCUT2D eigenvalue weighted by molar-refractivity contribution is 5.90. The van der Waals surface area contributed by atoms with Gasteiger partial charge >= 0.3 is 0 Å². The second kappa shape index (κ2) is 3.99. The van der Waals surface area contributed by atoms with E-state index in [2.05, 4.69) is 47.0 Å². The van der Waals surface area contributed by atoms with Gasteiger partial charge in [0.05, 0.1) is 24.1 Å². The van der Waals surface area contributed by atoms with Crippen molar-refractivity contribution in [3.63, 3.8) is 0 Å². The number of aryl methyl sites for hydroxylation is 2. The molecule has 0 amide bonds. The van der Waals surface area contributed by atoms with E-state index in [1.54, 1.807) is 0 Å². The first kappa shape index (κ1) is 11.0. The molecule has 2 aromatic heterocycles. The van der Waals surface area contributed by atoms with Gasteiger partial charge in [-0.3, -0.25) is 0 Å². The van der Waals surface area contributed by atoms with Crippen LogP contribution >= 0.6 is 0 Å². The number of nitrogens with one attached hydrogen (secondary N) is 2. The third kappa shape index (κ3) is 1.62. The minimum absolute atomic E-state index is 0.429. The summed E-state index contributed by atoms with van der Waals surface area (Å²) in [5.74, 6) is 0.805. The van der Waals surface area contributed by atoms with Gasteiger partial charge in [-0.25, -0.2) is 4.98 Å². The van der Waals surface area contributed by atoms with Gasteiger partial charge in [-0.1, -0.05) is 11.6 Å². The van der Waals surface area contributed by atoms with Gasteiger partial charge < -0.3 is 15.7 Å². The van der Waals surface area contributed by atoms with Crippen molar-refractivity contribution >= 4 is 10.9 Å². The molecule has 3 aromatic rings. The van der Waals surface area contributed by atoms with Gasteiger partial charge in [0.25, 0.3) is 0 Å². The molecule has 1 aromatic carbocycles. The zero-order valence-corrected chi connectivity index (χ0v) is 10.5. The molecule has 92 valence electrons. The quantitative estimate of drug-likeness (QED) is 0.644. The number of H-pyrrole nitrogens is 2. The van der Waals surface area contributed by atoms with Crippen molar-refractivity contribution in [2.45, 2.75) is 20.4 Å². The number of aromatic amines is 2. The van der Waals surface area contributed by atoms with Gasteiger partial charge in [-0.05, 0) is 31.5 Å².